The number of benzene rings is 2. The quantitative estimate of drug-likeness (QED) is 0.729. The highest BCUT2D eigenvalue weighted by Crippen LogP contribution is 2.37. The van der Waals surface area contributed by atoms with Gasteiger partial charge in [-0.3, -0.25) is 0 Å². The Morgan fingerprint density at radius 3 is 2.54 bits per heavy atom. The van der Waals surface area contributed by atoms with E-state index in [0.717, 1.165) is 0 Å². The molecule has 1 heterocycles. The van der Waals surface area contributed by atoms with Gasteiger partial charge in [0.1, 0.15) is 11.3 Å². The number of carbonyl (C=O) groups excluding carboxylic acids is 1. The first-order valence-electron chi connectivity index (χ1n) is 7.62. The maximum Gasteiger partial charge on any atom is 0.347 e. The van der Waals surface area contributed by atoms with E-state index in [0.29, 0.717) is 27.8 Å². The molecule has 5 nitrogen and oxygen atoms in total. The van der Waals surface area contributed by atoms with Crippen molar-refractivity contribution >= 4 is 16.9 Å². The summed E-state index contributed by atoms with van der Waals surface area (Å²) in [5.41, 5.74) is -0.645. The predicted octanol–water partition coefficient (Wildman–Crippen LogP) is 3.24. The van der Waals surface area contributed by atoms with Crippen molar-refractivity contribution in [3.8, 4) is 5.75 Å². The Morgan fingerprint density at radius 2 is 1.88 bits per heavy atom. The third kappa shape index (κ3) is 2.53. The van der Waals surface area contributed by atoms with Crippen LogP contribution in [0.2, 0.25) is 0 Å². The SMILES string of the molecule is CCOC(=O)[C@](O)(c1ccc(OC)cc1)c1coc2ccccc12. The van der Waals surface area contributed by atoms with Gasteiger partial charge in [0, 0.05) is 10.9 Å². The number of ether oxygens (including phenoxy) is 2. The average Bonchev–Trinajstić information content (AvgIpc) is 3.06. The molecule has 1 N–H and O–H groups in total. The molecule has 0 fully saturated rings. The highest BCUT2D eigenvalue weighted by atomic mass is 16.5. The molecule has 1 aromatic heterocycles. The molecule has 3 aromatic rings. The molecule has 0 unspecified atom stereocenters. The van der Waals surface area contributed by atoms with Gasteiger partial charge in [0.25, 0.3) is 0 Å². The molecule has 0 bridgehead atoms. The fourth-order valence-electron chi connectivity index (χ4n) is 2.71. The fourth-order valence-corrected chi connectivity index (χ4v) is 2.71. The second kappa shape index (κ2) is 6.37. The van der Waals surface area contributed by atoms with E-state index in [4.69, 9.17) is 13.9 Å². The molecule has 0 amide bonds. The molecule has 0 spiro atoms. The minimum Gasteiger partial charge on any atom is -0.497 e. The van der Waals surface area contributed by atoms with Gasteiger partial charge >= 0.3 is 5.97 Å². The molecule has 0 radical (unpaired) electrons. The van der Waals surface area contributed by atoms with Crippen molar-refractivity contribution in [2.75, 3.05) is 13.7 Å². The van der Waals surface area contributed by atoms with Crippen LogP contribution in [-0.4, -0.2) is 24.8 Å². The van der Waals surface area contributed by atoms with Crippen LogP contribution in [0.15, 0.2) is 59.2 Å². The molecular weight excluding hydrogens is 308 g/mol. The predicted molar refractivity (Wildman–Crippen MR) is 88.8 cm³/mol. The lowest BCUT2D eigenvalue weighted by Crippen LogP contribution is -2.38. The van der Waals surface area contributed by atoms with Crippen LogP contribution in [0.1, 0.15) is 18.1 Å². The number of furan rings is 1. The van der Waals surface area contributed by atoms with Gasteiger partial charge in [-0.25, -0.2) is 4.79 Å². The zero-order valence-electron chi connectivity index (χ0n) is 13.5. The summed E-state index contributed by atoms with van der Waals surface area (Å²) in [6.45, 7) is 1.85. The zero-order valence-corrected chi connectivity index (χ0v) is 13.5. The van der Waals surface area contributed by atoms with Gasteiger partial charge in [0.15, 0.2) is 0 Å². The molecule has 3 rings (SSSR count). The van der Waals surface area contributed by atoms with Crippen molar-refractivity contribution in [1.29, 1.82) is 0 Å². The van der Waals surface area contributed by atoms with Gasteiger partial charge in [0.2, 0.25) is 5.60 Å². The maximum absolute atomic E-state index is 12.6. The van der Waals surface area contributed by atoms with Gasteiger partial charge < -0.3 is 19.0 Å². The van der Waals surface area contributed by atoms with E-state index < -0.39 is 11.6 Å². The molecule has 24 heavy (non-hydrogen) atoms. The summed E-state index contributed by atoms with van der Waals surface area (Å²) in [5.74, 6) is -0.122. The van der Waals surface area contributed by atoms with E-state index in [-0.39, 0.29) is 6.61 Å². The Kier molecular flexibility index (Phi) is 4.27. The van der Waals surface area contributed by atoms with Gasteiger partial charge in [0.05, 0.1) is 20.0 Å². The number of methoxy groups -OCH3 is 1. The van der Waals surface area contributed by atoms with Crippen molar-refractivity contribution in [3.05, 3.63) is 65.9 Å². The maximum atomic E-state index is 12.6. The van der Waals surface area contributed by atoms with Crippen LogP contribution < -0.4 is 4.74 Å². The summed E-state index contributed by atoms with van der Waals surface area (Å²) >= 11 is 0. The smallest absolute Gasteiger partial charge is 0.347 e. The average molecular weight is 326 g/mol. The normalized spacial score (nSPS) is 13.5. The number of esters is 1. The van der Waals surface area contributed by atoms with Gasteiger partial charge in [-0.2, -0.15) is 0 Å². The molecule has 0 aliphatic carbocycles. The standard InChI is InChI=1S/C19H18O5/c1-3-23-18(20)19(21,13-8-10-14(22-2)11-9-13)16-12-24-17-7-5-4-6-15(16)17/h4-12,21H,3H2,1-2H3/t19-/m0/s1. The van der Waals surface area contributed by atoms with E-state index in [9.17, 15) is 9.90 Å². The minimum atomic E-state index is -1.96. The lowest BCUT2D eigenvalue weighted by atomic mass is 9.86. The first-order valence-corrected chi connectivity index (χ1v) is 7.62. The molecule has 0 saturated carbocycles. The molecule has 2 aromatic carbocycles. The number of aliphatic hydroxyl groups is 1. The Hall–Kier alpha value is -2.79. The first kappa shape index (κ1) is 16.1. The summed E-state index contributed by atoms with van der Waals surface area (Å²) in [6.07, 6.45) is 1.39. The highest BCUT2D eigenvalue weighted by Gasteiger charge is 2.44. The van der Waals surface area contributed by atoms with E-state index >= 15 is 0 Å². The molecule has 0 aliphatic heterocycles. The van der Waals surface area contributed by atoms with E-state index in [1.807, 2.05) is 12.1 Å². The molecule has 0 saturated heterocycles. The molecule has 5 heteroatoms. The Bertz CT molecular complexity index is 850. The van der Waals surface area contributed by atoms with Crippen LogP contribution in [0.4, 0.5) is 0 Å². The number of fused-ring (bicyclic) bond motifs is 1. The van der Waals surface area contributed by atoms with Crippen LogP contribution >= 0.6 is 0 Å². The number of rotatable bonds is 5. The van der Waals surface area contributed by atoms with Crippen molar-refractivity contribution in [3.63, 3.8) is 0 Å². The minimum absolute atomic E-state index is 0.160. The number of carbonyl (C=O) groups is 1. The van der Waals surface area contributed by atoms with E-state index in [1.54, 1.807) is 50.4 Å². The van der Waals surface area contributed by atoms with Gasteiger partial charge in [-0.15, -0.1) is 0 Å². The van der Waals surface area contributed by atoms with Crippen LogP contribution in [-0.2, 0) is 15.1 Å². The van der Waals surface area contributed by atoms with Crippen LogP contribution in [0.5, 0.6) is 5.75 Å². The van der Waals surface area contributed by atoms with E-state index in [2.05, 4.69) is 0 Å². The zero-order chi connectivity index (χ0) is 17.2. The second-order valence-corrected chi connectivity index (χ2v) is 5.30. The summed E-state index contributed by atoms with van der Waals surface area (Å²) in [7, 11) is 1.55. The number of hydrogen-bond acceptors (Lipinski definition) is 5. The summed E-state index contributed by atoms with van der Waals surface area (Å²) in [6, 6.07) is 13.9. The number of para-hydroxylation sites is 1. The summed E-state index contributed by atoms with van der Waals surface area (Å²) in [5, 5.41) is 12.0. The summed E-state index contributed by atoms with van der Waals surface area (Å²) in [4.78, 5) is 12.6. The Morgan fingerprint density at radius 1 is 1.17 bits per heavy atom. The Labute approximate surface area is 139 Å². The lowest BCUT2D eigenvalue weighted by molar-refractivity contribution is -0.161. The third-order valence-corrected chi connectivity index (χ3v) is 3.95. The van der Waals surface area contributed by atoms with Crippen molar-refractivity contribution < 1.29 is 23.8 Å². The van der Waals surface area contributed by atoms with Crippen LogP contribution in [0.25, 0.3) is 11.0 Å². The van der Waals surface area contributed by atoms with Crippen molar-refractivity contribution in [2.45, 2.75) is 12.5 Å². The number of hydrogen-bond donors (Lipinski definition) is 1. The Balaban J connectivity index is 2.20. The van der Waals surface area contributed by atoms with Gasteiger partial charge in [-0.1, -0.05) is 30.3 Å². The van der Waals surface area contributed by atoms with Crippen LogP contribution in [0, 0.1) is 0 Å². The van der Waals surface area contributed by atoms with Crippen LogP contribution in [0.3, 0.4) is 0 Å². The van der Waals surface area contributed by atoms with E-state index in [1.165, 1.54) is 6.26 Å². The molecular formula is C19H18O5. The van der Waals surface area contributed by atoms with Gasteiger partial charge in [-0.05, 0) is 30.7 Å². The topological polar surface area (TPSA) is 68.9 Å². The van der Waals surface area contributed by atoms with Crippen molar-refractivity contribution in [1.82, 2.24) is 0 Å². The van der Waals surface area contributed by atoms with Crippen molar-refractivity contribution in [2.24, 2.45) is 0 Å². The highest BCUT2D eigenvalue weighted by molar-refractivity contribution is 5.93. The molecule has 1 atom stereocenters. The summed E-state index contributed by atoms with van der Waals surface area (Å²) < 4.78 is 15.8. The fraction of sp³-hybridized carbons (Fsp3) is 0.211. The molecule has 0 aliphatic rings. The first-order chi connectivity index (χ1) is 11.6. The monoisotopic (exact) mass is 326 g/mol. The molecule has 124 valence electrons. The lowest BCUT2D eigenvalue weighted by Gasteiger charge is -2.25. The largest absolute Gasteiger partial charge is 0.497 e. The third-order valence-electron chi connectivity index (χ3n) is 3.95. The second-order valence-electron chi connectivity index (χ2n) is 5.30.